The molecule has 0 saturated carbocycles. The molecule has 1 aliphatic rings. The summed E-state index contributed by atoms with van der Waals surface area (Å²) in [6.07, 6.45) is 3.57. The molecule has 0 bridgehead atoms. The van der Waals surface area contributed by atoms with Crippen LogP contribution >= 0.6 is 22.9 Å². The zero-order chi connectivity index (χ0) is 16.2. The van der Waals surface area contributed by atoms with Gasteiger partial charge in [0.1, 0.15) is 6.04 Å². The predicted molar refractivity (Wildman–Crippen MR) is 91.5 cm³/mol. The molecule has 0 spiro atoms. The quantitative estimate of drug-likeness (QED) is 0.865. The third kappa shape index (κ3) is 3.60. The van der Waals surface area contributed by atoms with Gasteiger partial charge in [-0.25, -0.2) is 4.98 Å². The highest BCUT2D eigenvalue weighted by Gasteiger charge is 2.33. The summed E-state index contributed by atoms with van der Waals surface area (Å²) in [7, 11) is 0. The van der Waals surface area contributed by atoms with E-state index in [0.717, 1.165) is 5.69 Å². The molecule has 0 radical (unpaired) electrons. The van der Waals surface area contributed by atoms with E-state index in [1.807, 2.05) is 17.5 Å². The highest BCUT2D eigenvalue weighted by Crippen LogP contribution is 2.28. The average molecular weight is 348 g/mol. The third-order valence-electron chi connectivity index (χ3n) is 3.52. The lowest BCUT2D eigenvalue weighted by Gasteiger charge is -2.18. The number of nitrogens with zero attached hydrogens (tertiary/aromatic N) is 2. The second kappa shape index (κ2) is 6.93. The summed E-state index contributed by atoms with van der Waals surface area (Å²) >= 11 is 7.59. The van der Waals surface area contributed by atoms with Crippen molar-refractivity contribution >= 4 is 46.5 Å². The van der Waals surface area contributed by atoms with Gasteiger partial charge < -0.3 is 10.2 Å². The van der Waals surface area contributed by atoms with E-state index in [2.05, 4.69) is 10.3 Å². The number of rotatable bonds is 4. The van der Waals surface area contributed by atoms with Crippen LogP contribution in [-0.4, -0.2) is 29.4 Å². The molecule has 7 heteroatoms. The second-order valence-electron chi connectivity index (χ2n) is 5.04. The summed E-state index contributed by atoms with van der Waals surface area (Å²) in [6.45, 7) is 0.531. The van der Waals surface area contributed by atoms with Gasteiger partial charge in [-0.3, -0.25) is 9.59 Å². The summed E-state index contributed by atoms with van der Waals surface area (Å²) in [6, 6.07) is 6.66. The molecule has 1 atom stereocenters. The SMILES string of the molecule is O=C(/C=C/c1cscn1)N[C@H]1CCN(c2ccccc2Cl)C1=O. The van der Waals surface area contributed by atoms with Crippen molar-refractivity contribution in [3.8, 4) is 0 Å². The van der Waals surface area contributed by atoms with Crippen LogP contribution in [0.5, 0.6) is 0 Å². The summed E-state index contributed by atoms with van der Waals surface area (Å²) < 4.78 is 0. The van der Waals surface area contributed by atoms with Crippen LogP contribution in [0, 0.1) is 0 Å². The molecule has 1 aromatic heterocycles. The van der Waals surface area contributed by atoms with Crippen molar-refractivity contribution in [3.05, 3.63) is 51.9 Å². The Hall–Kier alpha value is -2.18. The van der Waals surface area contributed by atoms with Gasteiger partial charge in [-0.1, -0.05) is 23.7 Å². The maximum absolute atomic E-state index is 12.4. The number of para-hydroxylation sites is 1. The fraction of sp³-hybridized carbons (Fsp3) is 0.188. The van der Waals surface area contributed by atoms with Gasteiger partial charge in [-0.05, 0) is 24.6 Å². The van der Waals surface area contributed by atoms with Gasteiger partial charge in [0.2, 0.25) is 11.8 Å². The molecule has 2 heterocycles. The van der Waals surface area contributed by atoms with Gasteiger partial charge in [0.25, 0.3) is 0 Å². The van der Waals surface area contributed by atoms with Crippen LogP contribution in [-0.2, 0) is 9.59 Å². The highest BCUT2D eigenvalue weighted by atomic mass is 35.5. The van der Waals surface area contributed by atoms with Crippen LogP contribution in [0.3, 0.4) is 0 Å². The molecule has 1 aromatic carbocycles. The lowest BCUT2D eigenvalue weighted by Crippen LogP contribution is -2.40. The van der Waals surface area contributed by atoms with Gasteiger partial charge in [-0.15, -0.1) is 11.3 Å². The molecule has 23 heavy (non-hydrogen) atoms. The first kappa shape index (κ1) is 15.7. The van der Waals surface area contributed by atoms with Crippen molar-refractivity contribution in [1.29, 1.82) is 0 Å². The van der Waals surface area contributed by atoms with E-state index < -0.39 is 6.04 Å². The Morgan fingerprint density at radius 3 is 3.00 bits per heavy atom. The Balaban J connectivity index is 1.63. The Morgan fingerprint density at radius 2 is 2.26 bits per heavy atom. The van der Waals surface area contributed by atoms with E-state index in [4.69, 9.17) is 11.6 Å². The van der Waals surface area contributed by atoms with Crippen molar-refractivity contribution in [2.75, 3.05) is 11.4 Å². The molecule has 0 unspecified atom stereocenters. The molecule has 1 saturated heterocycles. The van der Waals surface area contributed by atoms with Crippen LogP contribution in [0.2, 0.25) is 5.02 Å². The van der Waals surface area contributed by atoms with Gasteiger partial charge in [0.05, 0.1) is 21.9 Å². The van der Waals surface area contributed by atoms with E-state index >= 15 is 0 Å². The average Bonchev–Trinajstić information content (AvgIpc) is 3.17. The fourth-order valence-electron chi connectivity index (χ4n) is 2.41. The normalized spacial score (nSPS) is 17.9. The van der Waals surface area contributed by atoms with Gasteiger partial charge in [0, 0.05) is 18.0 Å². The number of nitrogens with one attached hydrogen (secondary N) is 1. The largest absolute Gasteiger partial charge is 0.341 e. The zero-order valence-corrected chi connectivity index (χ0v) is 13.7. The Morgan fingerprint density at radius 1 is 1.43 bits per heavy atom. The topological polar surface area (TPSA) is 62.3 Å². The lowest BCUT2D eigenvalue weighted by atomic mass is 10.2. The number of amides is 2. The molecular formula is C16H14ClN3O2S. The fourth-order valence-corrected chi connectivity index (χ4v) is 3.17. The number of benzene rings is 1. The summed E-state index contributed by atoms with van der Waals surface area (Å²) in [4.78, 5) is 30.0. The molecule has 0 aliphatic carbocycles. The van der Waals surface area contributed by atoms with Crippen LogP contribution < -0.4 is 10.2 Å². The van der Waals surface area contributed by atoms with Crippen molar-refractivity contribution in [2.24, 2.45) is 0 Å². The van der Waals surface area contributed by atoms with E-state index in [0.29, 0.717) is 23.7 Å². The summed E-state index contributed by atoms with van der Waals surface area (Å²) in [5, 5.41) is 5.09. The standard InChI is InChI=1S/C16H14ClN3O2S/c17-12-3-1-2-4-14(12)20-8-7-13(16(20)22)19-15(21)6-5-11-9-23-10-18-11/h1-6,9-10,13H,7-8H2,(H,19,21)/b6-5+/t13-/m0/s1. The number of hydrogen-bond acceptors (Lipinski definition) is 4. The molecule has 1 aliphatic heterocycles. The van der Waals surface area contributed by atoms with Gasteiger partial charge >= 0.3 is 0 Å². The monoisotopic (exact) mass is 347 g/mol. The van der Waals surface area contributed by atoms with Gasteiger partial charge in [0.15, 0.2) is 0 Å². The first-order chi connectivity index (χ1) is 11.1. The van der Waals surface area contributed by atoms with Crippen LogP contribution in [0.1, 0.15) is 12.1 Å². The summed E-state index contributed by atoms with van der Waals surface area (Å²) in [5.41, 5.74) is 3.09. The number of halogens is 1. The first-order valence-corrected chi connectivity index (χ1v) is 8.40. The van der Waals surface area contributed by atoms with Gasteiger partial charge in [-0.2, -0.15) is 0 Å². The number of aromatic nitrogens is 1. The smallest absolute Gasteiger partial charge is 0.249 e. The molecule has 1 fully saturated rings. The first-order valence-electron chi connectivity index (χ1n) is 7.08. The number of thiazole rings is 1. The Bertz CT molecular complexity index is 746. The minimum Gasteiger partial charge on any atom is -0.341 e. The number of hydrogen-bond donors (Lipinski definition) is 1. The molecular weight excluding hydrogens is 334 g/mol. The van der Waals surface area contributed by atoms with E-state index in [-0.39, 0.29) is 11.8 Å². The lowest BCUT2D eigenvalue weighted by molar-refractivity contribution is -0.123. The highest BCUT2D eigenvalue weighted by molar-refractivity contribution is 7.07. The van der Waals surface area contributed by atoms with E-state index in [1.165, 1.54) is 17.4 Å². The third-order valence-corrected chi connectivity index (χ3v) is 4.45. The Labute approximate surface area is 142 Å². The number of carbonyl (C=O) groups is 2. The molecule has 118 valence electrons. The zero-order valence-electron chi connectivity index (χ0n) is 12.1. The molecule has 3 rings (SSSR count). The van der Waals surface area contributed by atoms with Crippen LogP contribution in [0.4, 0.5) is 5.69 Å². The number of anilines is 1. The minimum absolute atomic E-state index is 0.145. The van der Waals surface area contributed by atoms with Crippen LogP contribution in [0.15, 0.2) is 41.2 Å². The number of carbonyl (C=O) groups excluding carboxylic acids is 2. The van der Waals surface area contributed by atoms with Crippen molar-refractivity contribution in [3.63, 3.8) is 0 Å². The minimum atomic E-state index is -0.529. The van der Waals surface area contributed by atoms with Crippen molar-refractivity contribution in [2.45, 2.75) is 12.5 Å². The van der Waals surface area contributed by atoms with E-state index in [9.17, 15) is 9.59 Å². The predicted octanol–water partition coefficient (Wildman–Crippen LogP) is 2.73. The molecule has 2 aromatic rings. The maximum Gasteiger partial charge on any atom is 0.249 e. The Kier molecular flexibility index (Phi) is 4.73. The molecule has 2 amide bonds. The van der Waals surface area contributed by atoms with Crippen molar-refractivity contribution in [1.82, 2.24) is 10.3 Å². The molecule has 5 nitrogen and oxygen atoms in total. The second-order valence-corrected chi connectivity index (χ2v) is 6.16. The molecule has 1 N–H and O–H groups in total. The van der Waals surface area contributed by atoms with Crippen molar-refractivity contribution < 1.29 is 9.59 Å². The van der Waals surface area contributed by atoms with Crippen LogP contribution in [0.25, 0.3) is 6.08 Å². The maximum atomic E-state index is 12.4. The summed E-state index contributed by atoms with van der Waals surface area (Å²) in [5.74, 6) is -0.453. The van der Waals surface area contributed by atoms with E-state index in [1.54, 1.807) is 28.6 Å².